The van der Waals surface area contributed by atoms with Crippen LogP contribution in [0.3, 0.4) is 0 Å². The van der Waals surface area contributed by atoms with Gasteiger partial charge >= 0.3 is 6.03 Å². The number of carbonyl (C=O) groups is 3. The van der Waals surface area contributed by atoms with Crippen LogP contribution in [0.4, 0.5) is 10.5 Å². The molecule has 7 heteroatoms. The molecule has 0 bridgehead atoms. The van der Waals surface area contributed by atoms with Crippen LogP contribution < -0.4 is 15.0 Å². The first kappa shape index (κ1) is 25.5. The molecule has 1 aliphatic heterocycles. The number of aryl methyl sites for hydroxylation is 1. The SMILES string of the molecule is Cc1cc(Br)ccc1N1C(=O)NC(=O)/C(=C/c2c(OCc3cccc4ccccc34)ccc3ccccc23)C1=O. The summed E-state index contributed by atoms with van der Waals surface area (Å²) in [5.74, 6) is -0.941. The van der Waals surface area contributed by atoms with Crippen LogP contribution >= 0.6 is 15.9 Å². The molecule has 1 N–H and O–H groups in total. The normalized spacial score (nSPS) is 14.7. The van der Waals surface area contributed by atoms with Gasteiger partial charge in [0.25, 0.3) is 11.8 Å². The van der Waals surface area contributed by atoms with Crippen molar-refractivity contribution in [2.45, 2.75) is 13.5 Å². The van der Waals surface area contributed by atoms with Crippen LogP contribution in [0, 0.1) is 6.92 Å². The summed E-state index contributed by atoms with van der Waals surface area (Å²) in [6.07, 6.45) is 1.52. The van der Waals surface area contributed by atoms with E-state index in [0.717, 1.165) is 36.5 Å². The smallest absolute Gasteiger partial charge is 0.335 e. The zero-order chi connectivity index (χ0) is 27.8. The molecule has 5 aromatic rings. The molecular weight excluding hydrogens is 568 g/mol. The van der Waals surface area contributed by atoms with Crippen molar-refractivity contribution in [3.05, 3.63) is 124 Å². The Hall–Kier alpha value is -4.75. The molecule has 0 saturated carbocycles. The minimum absolute atomic E-state index is 0.159. The van der Waals surface area contributed by atoms with E-state index >= 15 is 0 Å². The van der Waals surface area contributed by atoms with Crippen molar-refractivity contribution in [3.63, 3.8) is 0 Å². The summed E-state index contributed by atoms with van der Waals surface area (Å²) in [6.45, 7) is 2.09. The van der Waals surface area contributed by atoms with Crippen molar-refractivity contribution >= 4 is 67.1 Å². The number of nitrogens with one attached hydrogen (secondary N) is 1. The van der Waals surface area contributed by atoms with Crippen LogP contribution in [0.2, 0.25) is 0 Å². The molecule has 0 radical (unpaired) electrons. The minimum Gasteiger partial charge on any atom is -0.488 e. The molecule has 6 nitrogen and oxygen atoms in total. The third-order valence-corrected chi connectivity index (χ3v) is 7.48. The average Bonchev–Trinajstić information content (AvgIpc) is 2.95. The number of hydrogen-bond donors (Lipinski definition) is 1. The standard InChI is InChI=1S/C33H23BrN2O4/c1-20-17-24(34)14-15-29(20)36-32(38)28(31(37)35-33(36)39)18-27-26-12-5-3-8-22(26)13-16-30(27)40-19-23-10-6-9-21-7-2-4-11-25(21)23/h2-18H,19H2,1H3,(H,35,37,39)/b28-18-. The van der Waals surface area contributed by atoms with Crippen molar-refractivity contribution in [2.75, 3.05) is 4.90 Å². The van der Waals surface area contributed by atoms with Crippen molar-refractivity contribution in [1.29, 1.82) is 0 Å². The highest BCUT2D eigenvalue weighted by Crippen LogP contribution is 2.33. The van der Waals surface area contributed by atoms with Crippen molar-refractivity contribution in [1.82, 2.24) is 5.32 Å². The summed E-state index contributed by atoms with van der Waals surface area (Å²) in [7, 11) is 0. The van der Waals surface area contributed by atoms with E-state index in [-0.39, 0.29) is 5.57 Å². The Kier molecular flexibility index (Phi) is 6.66. The third-order valence-electron chi connectivity index (χ3n) is 6.98. The number of nitrogens with zero attached hydrogens (tertiary/aromatic N) is 1. The van der Waals surface area contributed by atoms with E-state index in [1.54, 1.807) is 25.1 Å². The van der Waals surface area contributed by atoms with Gasteiger partial charge in [0.1, 0.15) is 17.9 Å². The molecular formula is C33H23BrN2O4. The Morgan fingerprint density at radius 2 is 1.52 bits per heavy atom. The first-order chi connectivity index (χ1) is 19.4. The van der Waals surface area contributed by atoms with E-state index < -0.39 is 17.8 Å². The van der Waals surface area contributed by atoms with E-state index in [1.807, 2.05) is 60.7 Å². The lowest BCUT2D eigenvalue weighted by molar-refractivity contribution is -0.122. The number of ether oxygens (including phenoxy) is 1. The molecule has 0 spiro atoms. The number of barbiturate groups is 1. The van der Waals surface area contributed by atoms with Gasteiger partial charge in [-0.25, -0.2) is 9.69 Å². The number of fused-ring (bicyclic) bond motifs is 2. The molecule has 5 aromatic carbocycles. The van der Waals surface area contributed by atoms with Gasteiger partial charge < -0.3 is 4.74 Å². The number of hydrogen-bond acceptors (Lipinski definition) is 4. The van der Waals surface area contributed by atoms with Crippen LogP contribution in [-0.4, -0.2) is 17.8 Å². The van der Waals surface area contributed by atoms with Gasteiger partial charge in [-0.15, -0.1) is 0 Å². The molecule has 0 aromatic heterocycles. The lowest BCUT2D eigenvalue weighted by Crippen LogP contribution is -2.54. The molecule has 1 fully saturated rings. The average molecular weight is 591 g/mol. The Bertz CT molecular complexity index is 1870. The molecule has 1 saturated heterocycles. The van der Waals surface area contributed by atoms with E-state index in [1.165, 1.54) is 6.08 Å². The zero-order valence-corrected chi connectivity index (χ0v) is 23.1. The summed E-state index contributed by atoms with van der Waals surface area (Å²) in [4.78, 5) is 40.5. The fourth-order valence-corrected chi connectivity index (χ4v) is 5.49. The number of amides is 4. The van der Waals surface area contributed by atoms with E-state index in [9.17, 15) is 14.4 Å². The number of anilines is 1. The highest BCUT2D eigenvalue weighted by molar-refractivity contribution is 9.10. The molecule has 0 aliphatic carbocycles. The van der Waals surface area contributed by atoms with Gasteiger partial charge in [0, 0.05) is 10.0 Å². The van der Waals surface area contributed by atoms with Crippen LogP contribution in [0.15, 0.2) is 107 Å². The Morgan fingerprint density at radius 3 is 2.30 bits per heavy atom. The van der Waals surface area contributed by atoms with E-state index in [0.29, 0.717) is 29.2 Å². The highest BCUT2D eigenvalue weighted by atomic mass is 79.9. The van der Waals surface area contributed by atoms with Gasteiger partial charge in [0.15, 0.2) is 0 Å². The first-order valence-electron chi connectivity index (χ1n) is 12.7. The maximum Gasteiger partial charge on any atom is 0.335 e. The van der Waals surface area contributed by atoms with Crippen molar-refractivity contribution in [3.8, 4) is 5.75 Å². The molecule has 40 heavy (non-hydrogen) atoms. The molecule has 196 valence electrons. The Labute approximate surface area is 239 Å². The van der Waals surface area contributed by atoms with Gasteiger partial charge in [-0.05, 0) is 69.9 Å². The maximum atomic E-state index is 13.7. The third kappa shape index (κ3) is 4.65. The second-order valence-corrected chi connectivity index (χ2v) is 10.4. The summed E-state index contributed by atoms with van der Waals surface area (Å²) >= 11 is 3.41. The van der Waals surface area contributed by atoms with Crippen LogP contribution in [-0.2, 0) is 16.2 Å². The fraction of sp³-hybridized carbons (Fsp3) is 0.0606. The quantitative estimate of drug-likeness (QED) is 0.172. The monoisotopic (exact) mass is 590 g/mol. The number of rotatable bonds is 5. The molecule has 1 aliphatic rings. The van der Waals surface area contributed by atoms with Gasteiger partial charge in [0.05, 0.1) is 5.69 Å². The van der Waals surface area contributed by atoms with Gasteiger partial charge in [-0.2, -0.15) is 0 Å². The Balaban J connectivity index is 1.43. The fourth-order valence-electron chi connectivity index (χ4n) is 5.01. The maximum absolute atomic E-state index is 13.7. The van der Waals surface area contributed by atoms with Crippen LogP contribution in [0.1, 0.15) is 16.7 Å². The number of benzene rings is 5. The van der Waals surface area contributed by atoms with Crippen LogP contribution in [0.25, 0.3) is 27.6 Å². The predicted octanol–water partition coefficient (Wildman–Crippen LogP) is 7.31. The molecule has 6 rings (SSSR count). The molecule has 1 heterocycles. The highest BCUT2D eigenvalue weighted by Gasteiger charge is 2.37. The first-order valence-corrected chi connectivity index (χ1v) is 13.5. The number of halogens is 1. The van der Waals surface area contributed by atoms with Gasteiger partial charge in [-0.3, -0.25) is 14.9 Å². The predicted molar refractivity (Wildman–Crippen MR) is 160 cm³/mol. The summed E-state index contributed by atoms with van der Waals surface area (Å²) in [5, 5.41) is 6.26. The summed E-state index contributed by atoms with van der Waals surface area (Å²) in [6, 6.07) is 30.1. The lowest BCUT2D eigenvalue weighted by atomic mass is 9.99. The molecule has 0 unspecified atom stereocenters. The topological polar surface area (TPSA) is 75.7 Å². The number of urea groups is 1. The zero-order valence-electron chi connectivity index (χ0n) is 21.5. The van der Waals surface area contributed by atoms with Gasteiger partial charge in [-0.1, -0.05) is 88.7 Å². The number of imide groups is 2. The van der Waals surface area contributed by atoms with E-state index in [4.69, 9.17) is 4.74 Å². The summed E-state index contributed by atoms with van der Waals surface area (Å²) in [5.41, 5.74) is 2.54. The summed E-state index contributed by atoms with van der Waals surface area (Å²) < 4.78 is 7.16. The van der Waals surface area contributed by atoms with E-state index in [2.05, 4.69) is 39.4 Å². The Morgan fingerprint density at radius 1 is 0.825 bits per heavy atom. The molecule has 0 atom stereocenters. The van der Waals surface area contributed by atoms with Gasteiger partial charge in [0.2, 0.25) is 0 Å². The second-order valence-electron chi connectivity index (χ2n) is 9.51. The molecule has 4 amide bonds. The van der Waals surface area contributed by atoms with Crippen molar-refractivity contribution in [2.24, 2.45) is 0 Å². The van der Waals surface area contributed by atoms with Crippen LogP contribution in [0.5, 0.6) is 5.75 Å². The number of carbonyl (C=O) groups excluding carboxylic acids is 3. The lowest BCUT2D eigenvalue weighted by Gasteiger charge is -2.27. The largest absolute Gasteiger partial charge is 0.488 e. The van der Waals surface area contributed by atoms with Crippen molar-refractivity contribution < 1.29 is 19.1 Å². The minimum atomic E-state index is -0.789. The second kappa shape index (κ2) is 10.4.